The predicted octanol–water partition coefficient (Wildman–Crippen LogP) is 3.64. The summed E-state index contributed by atoms with van der Waals surface area (Å²) >= 11 is 0. The number of anilines is 1. The van der Waals surface area contributed by atoms with Crippen molar-refractivity contribution in [2.24, 2.45) is 0 Å². The lowest BCUT2D eigenvalue weighted by atomic mass is 10.00. The summed E-state index contributed by atoms with van der Waals surface area (Å²) in [6, 6.07) is 13.7. The Kier molecular flexibility index (Phi) is 5.19. The number of hydrogen-bond donors (Lipinski definition) is 2. The monoisotopic (exact) mass is 470 g/mol. The fourth-order valence-corrected chi connectivity index (χ4v) is 3.65. The zero-order chi connectivity index (χ0) is 23.9. The molecule has 12 heteroatoms. The van der Waals surface area contributed by atoms with Crippen LogP contribution in [0.15, 0.2) is 65.6 Å². The van der Waals surface area contributed by atoms with Gasteiger partial charge in [-0.15, -0.1) is 13.2 Å². The van der Waals surface area contributed by atoms with Crippen LogP contribution < -0.4 is 15.6 Å². The Labute approximate surface area is 189 Å². The van der Waals surface area contributed by atoms with E-state index in [9.17, 15) is 22.8 Å². The number of nitrogens with one attached hydrogen (secondary N) is 2. The van der Waals surface area contributed by atoms with E-state index in [1.165, 1.54) is 23.2 Å². The fourth-order valence-electron chi connectivity index (χ4n) is 3.65. The third-order valence-electron chi connectivity index (χ3n) is 5.35. The molecule has 2 aromatic heterocycles. The van der Waals surface area contributed by atoms with Crippen LogP contribution in [0.3, 0.4) is 0 Å². The molecule has 0 aliphatic carbocycles. The number of aromatic amines is 1. The average molecular weight is 470 g/mol. The molecule has 2 N–H and O–H groups in total. The Bertz CT molecular complexity index is 1390. The van der Waals surface area contributed by atoms with Crippen LogP contribution in [0.25, 0.3) is 16.7 Å². The number of nitrogens with zero attached hydrogens (tertiary/aromatic N) is 4. The summed E-state index contributed by atoms with van der Waals surface area (Å²) in [5.41, 5.74) is 1.20. The normalized spacial score (nSPS) is 14.1. The molecule has 0 saturated carbocycles. The lowest BCUT2D eigenvalue weighted by molar-refractivity contribution is -0.274. The highest BCUT2D eigenvalue weighted by molar-refractivity contribution is 5.90. The first-order chi connectivity index (χ1) is 16.3. The average Bonchev–Trinajstić information content (AvgIpc) is 3.18. The second kappa shape index (κ2) is 8.21. The van der Waals surface area contributed by atoms with Crippen LogP contribution >= 0.6 is 0 Å². The highest BCUT2D eigenvalue weighted by Gasteiger charge is 2.34. The van der Waals surface area contributed by atoms with Gasteiger partial charge in [0.15, 0.2) is 5.65 Å². The van der Waals surface area contributed by atoms with Gasteiger partial charge in [0.2, 0.25) is 0 Å². The number of alkyl halides is 3. The maximum atomic E-state index is 12.5. The van der Waals surface area contributed by atoms with Crippen LogP contribution in [0, 0.1) is 0 Å². The molecule has 0 spiro atoms. The molecule has 9 nitrogen and oxygen atoms in total. The van der Waals surface area contributed by atoms with Crippen molar-refractivity contribution in [3.05, 3.63) is 77.0 Å². The molecule has 0 radical (unpaired) electrons. The molecule has 1 aliphatic rings. The lowest BCUT2D eigenvalue weighted by Gasteiger charge is -2.38. The summed E-state index contributed by atoms with van der Waals surface area (Å²) in [6.07, 6.45) is -3.32. The van der Waals surface area contributed by atoms with Gasteiger partial charge in [0.05, 0.1) is 17.8 Å². The molecule has 5 rings (SSSR count). The Morgan fingerprint density at radius 1 is 1.09 bits per heavy atom. The fraction of sp³-hybridized carbons (Fsp3) is 0.182. The van der Waals surface area contributed by atoms with Gasteiger partial charge in [-0.25, -0.2) is 14.5 Å². The highest BCUT2D eigenvalue weighted by atomic mass is 19.4. The summed E-state index contributed by atoms with van der Waals surface area (Å²) in [5, 5.41) is 7.25. The minimum atomic E-state index is -4.78. The van der Waals surface area contributed by atoms with Gasteiger partial charge in [-0.3, -0.25) is 4.79 Å². The van der Waals surface area contributed by atoms with E-state index < -0.39 is 12.4 Å². The van der Waals surface area contributed by atoms with E-state index in [4.69, 9.17) is 0 Å². The van der Waals surface area contributed by atoms with Crippen molar-refractivity contribution in [1.29, 1.82) is 0 Å². The van der Waals surface area contributed by atoms with Gasteiger partial charge >= 0.3 is 12.4 Å². The van der Waals surface area contributed by atoms with Gasteiger partial charge in [-0.2, -0.15) is 5.10 Å². The number of rotatable bonds is 4. The van der Waals surface area contributed by atoms with E-state index in [1.54, 1.807) is 4.68 Å². The van der Waals surface area contributed by atoms with E-state index in [0.29, 0.717) is 35.6 Å². The number of carbonyl (C=O) groups excluding carboxylic acids is 1. The van der Waals surface area contributed by atoms with E-state index >= 15 is 0 Å². The maximum absolute atomic E-state index is 12.5. The number of likely N-dealkylation sites (tertiary alicyclic amines) is 1. The van der Waals surface area contributed by atoms with Crippen molar-refractivity contribution in [3.8, 4) is 11.4 Å². The predicted molar refractivity (Wildman–Crippen MR) is 116 cm³/mol. The molecule has 3 heterocycles. The molecular formula is C22H17F3N6O3. The summed E-state index contributed by atoms with van der Waals surface area (Å²) in [7, 11) is 0. The second-order valence-electron chi connectivity index (χ2n) is 7.68. The number of benzene rings is 2. The Hall–Kier alpha value is -4.35. The van der Waals surface area contributed by atoms with E-state index in [2.05, 4.69) is 25.1 Å². The van der Waals surface area contributed by atoms with Crippen LogP contribution in [0.2, 0.25) is 0 Å². The molecule has 174 valence electrons. The Morgan fingerprint density at radius 2 is 1.79 bits per heavy atom. The molecular weight excluding hydrogens is 453 g/mol. The minimum absolute atomic E-state index is 0.176. The Morgan fingerprint density at radius 3 is 2.47 bits per heavy atom. The molecule has 0 unspecified atom stereocenters. The number of ether oxygens (including phenoxy) is 1. The van der Waals surface area contributed by atoms with Crippen LogP contribution in [0.1, 0.15) is 11.7 Å². The number of para-hydroxylation sites is 1. The first-order valence-electron chi connectivity index (χ1n) is 10.2. The van der Waals surface area contributed by atoms with Crippen molar-refractivity contribution in [3.63, 3.8) is 0 Å². The molecule has 34 heavy (non-hydrogen) atoms. The number of H-pyrrole nitrogens is 1. The van der Waals surface area contributed by atoms with Crippen molar-refractivity contribution in [1.82, 2.24) is 24.6 Å². The number of hydrogen-bond acceptors (Lipinski definition) is 5. The lowest BCUT2D eigenvalue weighted by Crippen LogP contribution is -2.51. The molecule has 4 aromatic rings. The van der Waals surface area contributed by atoms with Crippen LogP contribution in [0.4, 0.5) is 23.7 Å². The summed E-state index contributed by atoms with van der Waals surface area (Å²) in [5.74, 6) is -0.105. The third-order valence-corrected chi connectivity index (χ3v) is 5.35. The molecule has 0 bridgehead atoms. The van der Waals surface area contributed by atoms with Gasteiger partial charge in [-0.1, -0.05) is 18.2 Å². The summed E-state index contributed by atoms with van der Waals surface area (Å²) in [4.78, 5) is 33.9. The van der Waals surface area contributed by atoms with E-state index in [-0.39, 0.29) is 17.2 Å². The maximum Gasteiger partial charge on any atom is 0.573 e. The molecule has 0 atom stereocenters. The van der Waals surface area contributed by atoms with Crippen molar-refractivity contribution in [2.75, 3.05) is 18.4 Å². The molecule has 1 saturated heterocycles. The number of urea groups is 1. The largest absolute Gasteiger partial charge is 0.573 e. The highest BCUT2D eigenvalue weighted by Crippen LogP contribution is 2.27. The molecule has 1 fully saturated rings. The van der Waals surface area contributed by atoms with Crippen LogP contribution in [-0.4, -0.2) is 50.1 Å². The number of aromatic nitrogens is 4. The number of carbonyl (C=O) groups is 1. The standard InChI is InChI=1S/C22H17F3N6O3/c23-22(24,25)34-16-8-6-14(7-9-16)27-21(33)30-11-13(12-30)18-28-19-17(20(32)29-18)10-26-31(19)15-4-2-1-3-5-15/h1-10,13H,11-12H2,(H,27,33)(H,28,29,32). The molecule has 2 aromatic carbocycles. The van der Waals surface area contributed by atoms with E-state index in [0.717, 1.165) is 17.8 Å². The van der Waals surface area contributed by atoms with Crippen molar-refractivity contribution in [2.45, 2.75) is 12.3 Å². The third kappa shape index (κ3) is 4.29. The molecule has 1 aliphatic heterocycles. The zero-order valence-electron chi connectivity index (χ0n) is 17.4. The molecule has 2 amide bonds. The second-order valence-corrected chi connectivity index (χ2v) is 7.68. The van der Waals surface area contributed by atoms with Crippen molar-refractivity contribution >= 4 is 22.8 Å². The minimum Gasteiger partial charge on any atom is -0.406 e. The Balaban J connectivity index is 1.26. The number of amides is 2. The SMILES string of the molecule is O=C(Nc1ccc(OC(F)(F)F)cc1)N1CC(c2nc3c(cnn3-c3ccccc3)c(=O)[nH]2)C1. The van der Waals surface area contributed by atoms with Crippen molar-refractivity contribution < 1.29 is 22.7 Å². The van der Waals surface area contributed by atoms with Gasteiger partial charge in [0.1, 0.15) is 17.0 Å². The van der Waals surface area contributed by atoms with Gasteiger partial charge in [-0.05, 0) is 36.4 Å². The quantitative estimate of drug-likeness (QED) is 0.474. The first-order valence-corrected chi connectivity index (χ1v) is 10.2. The number of halogens is 3. The number of fused-ring (bicyclic) bond motifs is 1. The van der Waals surface area contributed by atoms with Gasteiger partial charge < -0.3 is 19.9 Å². The smallest absolute Gasteiger partial charge is 0.406 e. The first kappa shape index (κ1) is 21.5. The van der Waals surface area contributed by atoms with Crippen LogP contribution in [-0.2, 0) is 0 Å². The van der Waals surface area contributed by atoms with Gasteiger partial charge in [0.25, 0.3) is 5.56 Å². The van der Waals surface area contributed by atoms with Crippen LogP contribution in [0.5, 0.6) is 5.75 Å². The zero-order valence-corrected chi connectivity index (χ0v) is 17.4. The summed E-state index contributed by atoms with van der Waals surface area (Å²) < 4.78 is 42.2. The van der Waals surface area contributed by atoms with Gasteiger partial charge in [0, 0.05) is 18.8 Å². The topological polar surface area (TPSA) is 105 Å². The summed E-state index contributed by atoms with van der Waals surface area (Å²) in [6.45, 7) is 0.629. The van der Waals surface area contributed by atoms with E-state index in [1.807, 2.05) is 30.3 Å².